The van der Waals surface area contributed by atoms with Crippen LogP contribution < -0.4 is 10.1 Å². The Balaban J connectivity index is 1.98. The van der Waals surface area contributed by atoms with Crippen molar-refractivity contribution in [1.29, 1.82) is 0 Å². The van der Waals surface area contributed by atoms with Crippen LogP contribution in [-0.4, -0.2) is 23.9 Å². The quantitative estimate of drug-likeness (QED) is 0.819. The van der Waals surface area contributed by atoms with E-state index in [4.69, 9.17) is 4.74 Å². The fourth-order valence-corrected chi connectivity index (χ4v) is 1.86. The number of rotatable bonds is 4. The first-order valence-electron chi connectivity index (χ1n) is 5.77. The van der Waals surface area contributed by atoms with Crippen molar-refractivity contribution < 1.29 is 9.84 Å². The van der Waals surface area contributed by atoms with Gasteiger partial charge >= 0.3 is 0 Å². The zero-order valence-electron chi connectivity index (χ0n) is 9.92. The zero-order valence-corrected chi connectivity index (χ0v) is 9.92. The molecule has 2 rings (SSSR count). The van der Waals surface area contributed by atoms with Gasteiger partial charge in [-0.15, -0.1) is 0 Å². The fraction of sp³-hybridized carbons (Fsp3) is 0.538. The van der Waals surface area contributed by atoms with Crippen LogP contribution in [0.4, 0.5) is 5.69 Å². The minimum atomic E-state index is -0.657. The smallest absolute Gasteiger partial charge is 0.124 e. The van der Waals surface area contributed by atoms with Crippen LogP contribution in [0.15, 0.2) is 18.2 Å². The predicted molar refractivity (Wildman–Crippen MR) is 65.0 cm³/mol. The molecule has 0 atom stereocenters. The molecule has 0 spiro atoms. The van der Waals surface area contributed by atoms with Crippen molar-refractivity contribution in [3.8, 4) is 5.75 Å². The second-order valence-corrected chi connectivity index (χ2v) is 4.87. The molecule has 88 valence electrons. The lowest BCUT2D eigenvalue weighted by Crippen LogP contribution is -2.21. The molecular weight excluding hydrogens is 202 g/mol. The molecule has 3 heteroatoms. The number of anilines is 1. The van der Waals surface area contributed by atoms with Gasteiger partial charge in [0.25, 0.3) is 0 Å². The first kappa shape index (κ1) is 11.3. The van der Waals surface area contributed by atoms with E-state index in [0.717, 1.165) is 18.7 Å². The second kappa shape index (κ2) is 4.34. The van der Waals surface area contributed by atoms with E-state index < -0.39 is 5.60 Å². The Labute approximate surface area is 96.4 Å². The van der Waals surface area contributed by atoms with Gasteiger partial charge in [-0.3, -0.25) is 0 Å². The predicted octanol–water partition coefficient (Wildman–Crippen LogP) is 2.19. The minimum Gasteiger partial charge on any atom is -0.493 e. The Morgan fingerprint density at radius 1 is 1.44 bits per heavy atom. The van der Waals surface area contributed by atoms with Crippen molar-refractivity contribution in [2.45, 2.75) is 32.3 Å². The van der Waals surface area contributed by atoms with Gasteiger partial charge in [0, 0.05) is 24.2 Å². The summed E-state index contributed by atoms with van der Waals surface area (Å²) >= 11 is 0. The summed E-state index contributed by atoms with van der Waals surface area (Å²) in [6.45, 7) is 5.14. The SMILES string of the molecule is CC(C)(O)CCOc1cccc2c1CCN2. The first-order valence-corrected chi connectivity index (χ1v) is 5.77. The van der Waals surface area contributed by atoms with Crippen LogP contribution in [-0.2, 0) is 6.42 Å². The molecule has 1 heterocycles. The molecule has 0 aliphatic carbocycles. The topological polar surface area (TPSA) is 41.5 Å². The molecule has 3 nitrogen and oxygen atoms in total. The maximum absolute atomic E-state index is 9.60. The van der Waals surface area contributed by atoms with Crippen LogP contribution in [0.2, 0.25) is 0 Å². The van der Waals surface area contributed by atoms with Gasteiger partial charge in [-0.25, -0.2) is 0 Å². The van der Waals surface area contributed by atoms with Crippen molar-refractivity contribution in [3.63, 3.8) is 0 Å². The summed E-state index contributed by atoms with van der Waals surface area (Å²) in [4.78, 5) is 0. The van der Waals surface area contributed by atoms with Crippen molar-refractivity contribution in [3.05, 3.63) is 23.8 Å². The lowest BCUT2D eigenvalue weighted by molar-refractivity contribution is 0.0552. The van der Waals surface area contributed by atoms with Gasteiger partial charge in [0.15, 0.2) is 0 Å². The lowest BCUT2D eigenvalue weighted by atomic mass is 10.1. The van der Waals surface area contributed by atoms with Crippen LogP contribution in [0.1, 0.15) is 25.8 Å². The standard InChI is InChI=1S/C13H19NO2/c1-13(2,15)7-9-16-12-5-3-4-11-10(12)6-8-14-11/h3-5,14-15H,6-9H2,1-2H3. The number of ether oxygens (including phenoxy) is 1. The molecule has 0 amide bonds. The van der Waals surface area contributed by atoms with Gasteiger partial charge in [-0.2, -0.15) is 0 Å². The molecule has 0 unspecified atom stereocenters. The Morgan fingerprint density at radius 3 is 3.00 bits per heavy atom. The molecule has 0 radical (unpaired) electrons. The van der Waals surface area contributed by atoms with E-state index >= 15 is 0 Å². The van der Waals surface area contributed by atoms with E-state index in [9.17, 15) is 5.11 Å². The van der Waals surface area contributed by atoms with Gasteiger partial charge in [-0.1, -0.05) is 6.07 Å². The highest BCUT2D eigenvalue weighted by Crippen LogP contribution is 2.31. The van der Waals surface area contributed by atoms with E-state index in [2.05, 4.69) is 11.4 Å². The number of aliphatic hydroxyl groups is 1. The van der Waals surface area contributed by atoms with Gasteiger partial charge in [0.2, 0.25) is 0 Å². The van der Waals surface area contributed by atoms with E-state index in [-0.39, 0.29) is 0 Å². The maximum atomic E-state index is 9.60. The molecule has 0 saturated carbocycles. The first-order chi connectivity index (χ1) is 7.56. The van der Waals surface area contributed by atoms with Gasteiger partial charge in [0.05, 0.1) is 12.2 Å². The number of hydrogen-bond donors (Lipinski definition) is 2. The highest BCUT2D eigenvalue weighted by atomic mass is 16.5. The van der Waals surface area contributed by atoms with Gasteiger partial charge in [0.1, 0.15) is 5.75 Å². The summed E-state index contributed by atoms with van der Waals surface area (Å²) in [6, 6.07) is 6.07. The molecule has 1 aromatic carbocycles. The average molecular weight is 221 g/mol. The third-order valence-electron chi connectivity index (χ3n) is 2.79. The summed E-state index contributed by atoms with van der Waals surface area (Å²) in [5.41, 5.74) is 1.79. The summed E-state index contributed by atoms with van der Waals surface area (Å²) in [6.07, 6.45) is 1.66. The van der Waals surface area contributed by atoms with Crippen LogP contribution in [0.5, 0.6) is 5.75 Å². The largest absolute Gasteiger partial charge is 0.493 e. The van der Waals surface area contributed by atoms with Gasteiger partial charge in [-0.05, 0) is 32.4 Å². The molecular formula is C13H19NO2. The monoisotopic (exact) mass is 221 g/mol. The van der Waals surface area contributed by atoms with Crippen LogP contribution >= 0.6 is 0 Å². The highest BCUT2D eigenvalue weighted by Gasteiger charge is 2.16. The Morgan fingerprint density at radius 2 is 2.25 bits per heavy atom. The molecule has 1 aromatic rings. The zero-order chi connectivity index (χ0) is 11.6. The third-order valence-corrected chi connectivity index (χ3v) is 2.79. The van der Waals surface area contributed by atoms with Crippen LogP contribution in [0.3, 0.4) is 0 Å². The van der Waals surface area contributed by atoms with Crippen molar-refractivity contribution in [2.24, 2.45) is 0 Å². The Hall–Kier alpha value is -1.22. The van der Waals surface area contributed by atoms with Crippen molar-refractivity contribution in [1.82, 2.24) is 0 Å². The van der Waals surface area contributed by atoms with Gasteiger partial charge < -0.3 is 15.2 Å². The summed E-state index contributed by atoms with van der Waals surface area (Å²) < 4.78 is 5.72. The highest BCUT2D eigenvalue weighted by molar-refractivity contribution is 5.61. The Bertz CT molecular complexity index is 369. The molecule has 0 bridgehead atoms. The molecule has 0 fully saturated rings. The molecule has 2 N–H and O–H groups in total. The van der Waals surface area contributed by atoms with E-state index in [1.807, 2.05) is 12.1 Å². The van der Waals surface area contributed by atoms with Crippen molar-refractivity contribution in [2.75, 3.05) is 18.5 Å². The van der Waals surface area contributed by atoms with E-state index in [1.54, 1.807) is 13.8 Å². The molecule has 0 aromatic heterocycles. The fourth-order valence-electron chi connectivity index (χ4n) is 1.86. The number of benzene rings is 1. The normalized spacial score (nSPS) is 14.4. The van der Waals surface area contributed by atoms with Crippen LogP contribution in [0, 0.1) is 0 Å². The number of nitrogens with one attached hydrogen (secondary N) is 1. The minimum absolute atomic E-state index is 0.556. The van der Waals surface area contributed by atoms with E-state index in [0.29, 0.717) is 13.0 Å². The summed E-state index contributed by atoms with van der Waals surface area (Å²) in [5, 5.41) is 12.9. The average Bonchev–Trinajstić information content (AvgIpc) is 2.64. The molecule has 0 saturated heterocycles. The number of hydrogen-bond acceptors (Lipinski definition) is 3. The van der Waals surface area contributed by atoms with Crippen molar-refractivity contribution >= 4 is 5.69 Å². The Kier molecular flexibility index (Phi) is 3.06. The van der Waals surface area contributed by atoms with E-state index in [1.165, 1.54) is 11.3 Å². The lowest BCUT2D eigenvalue weighted by Gasteiger charge is -2.18. The third kappa shape index (κ3) is 2.67. The summed E-state index contributed by atoms with van der Waals surface area (Å²) in [5.74, 6) is 0.951. The molecule has 1 aliphatic rings. The maximum Gasteiger partial charge on any atom is 0.124 e. The second-order valence-electron chi connectivity index (χ2n) is 4.87. The number of fused-ring (bicyclic) bond motifs is 1. The van der Waals surface area contributed by atoms with Crippen LogP contribution in [0.25, 0.3) is 0 Å². The molecule has 16 heavy (non-hydrogen) atoms. The molecule has 1 aliphatic heterocycles. The summed E-state index contributed by atoms with van der Waals surface area (Å²) in [7, 11) is 0.